The summed E-state index contributed by atoms with van der Waals surface area (Å²) < 4.78 is 0. The van der Waals surface area contributed by atoms with E-state index in [2.05, 4.69) is 24.0 Å². The molecule has 0 aliphatic carbocycles. The van der Waals surface area contributed by atoms with Crippen LogP contribution >= 0.6 is 12.2 Å². The fraction of sp³-hybridized carbons (Fsp3) is 0.500. The van der Waals surface area contributed by atoms with Crippen molar-refractivity contribution in [1.82, 2.24) is 0 Å². The maximum Gasteiger partial charge on any atom is 0.103 e. The maximum absolute atomic E-state index is 9.15. The van der Waals surface area contributed by atoms with Gasteiger partial charge in [0.15, 0.2) is 0 Å². The molecule has 3 nitrogen and oxygen atoms in total. The van der Waals surface area contributed by atoms with Gasteiger partial charge in [-0.05, 0) is 49.4 Å². The summed E-state index contributed by atoms with van der Waals surface area (Å²) in [7, 11) is 0. The third-order valence-corrected chi connectivity index (χ3v) is 3.93. The SMILES string of the molecule is Cc1cc(C(N)=S)ccc1N1CCC(CO)CC1. The van der Waals surface area contributed by atoms with E-state index in [1.165, 1.54) is 11.3 Å². The van der Waals surface area contributed by atoms with Crippen LogP contribution in [0.1, 0.15) is 24.0 Å². The highest BCUT2D eigenvalue weighted by Crippen LogP contribution is 2.26. The zero-order valence-corrected chi connectivity index (χ0v) is 11.5. The Morgan fingerprint density at radius 3 is 2.61 bits per heavy atom. The number of piperidine rings is 1. The smallest absolute Gasteiger partial charge is 0.103 e. The van der Waals surface area contributed by atoms with E-state index in [1.54, 1.807) is 0 Å². The number of hydrogen-bond donors (Lipinski definition) is 2. The molecule has 4 heteroatoms. The third-order valence-electron chi connectivity index (χ3n) is 3.69. The van der Waals surface area contributed by atoms with Crippen molar-refractivity contribution in [3.63, 3.8) is 0 Å². The number of thiocarbonyl (C=S) groups is 1. The molecule has 0 spiro atoms. The van der Waals surface area contributed by atoms with Crippen LogP contribution in [0.15, 0.2) is 18.2 Å². The van der Waals surface area contributed by atoms with Crippen molar-refractivity contribution >= 4 is 22.9 Å². The highest BCUT2D eigenvalue weighted by Gasteiger charge is 2.19. The molecule has 0 unspecified atom stereocenters. The third kappa shape index (κ3) is 2.82. The van der Waals surface area contributed by atoms with Crippen molar-refractivity contribution in [2.24, 2.45) is 11.7 Å². The first kappa shape index (κ1) is 13.3. The number of nitrogens with two attached hydrogens (primary N) is 1. The minimum Gasteiger partial charge on any atom is -0.396 e. The van der Waals surface area contributed by atoms with Gasteiger partial charge in [-0.15, -0.1) is 0 Å². The number of aliphatic hydroxyl groups is 1. The van der Waals surface area contributed by atoms with Gasteiger partial charge >= 0.3 is 0 Å². The molecule has 1 aliphatic rings. The Kier molecular flexibility index (Phi) is 4.19. The van der Waals surface area contributed by atoms with Crippen molar-refractivity contribution in [2.45, 2.75) is 19.8 Å². The van der Waals surface area contributed by atoms with Crippen LogP contribution in [0.5, 0.6) is 0 Å². The molecule has 0 saturated carbocycles. The Morgan fingerprint density at radius 1 is 1.44 bits per heavy atom. The number of nitrogens with zero attached hydrogens (tertiary/aromatic N) is 1. The standard InChI is InChI=1S/C14H20N2OS/c1-10-8-12(14(15)18)2-3-13(10)16-6-4-11(9-17)5-7-16/h2-3,8,11,17H,4-7,9H2,1H3,(H2,15,18). The van der Waals surface area contributed by atoms with Crippen LogP contribution in [0, 0.1) is 12.8 Å². The van der Waals surface area contributed by atoms with E-state index >= 15 is 0 Å². The monoisotopic (exact) mass is 264 g/mol. The van der Waals surface area contributed by atoms with Gasteiger partial charge in [-0.1, -0.05) is 12.2 Å². The van der Waals surface area contributed by atoms with Crippen LogP contribution in [0.3, 0.4) is 0 Å². The second-order valence-corrected chi connectivity index (χ2v) is 5.42. The molecule has 0 bridgehead atoms. The van der Waals surface area contributed by atoms with Crippen LogP contribution in [0.4, 0.5) is 5.69 Å². The van der Waals surface area contributed by atoms with Gasteiger partial charge in [0.1, 0.15) is 4.99 Å². The zero-order valence-electron chi connectivity index (χ0n) is 10.7. The molecule has 0 amide bonds. The predicted molar refractivity (Wildman–Crippen MR) is 79.1 cm³/mol. The first-order valence-corrected chi connectivity index (χ1v) is 6.79. The molecular formula is C14H20N2OS. The summed E-state index contributed by atoms with van der Waals surface area (Å²) in [5.74, 6) is 0.470. The van der Waals surface area contributed by atoms with Crippen LogP contribution < -0.4 is 10.6 Å². The van der Waals surface area contributed by atoms with Crippen LogP contribution in [-0.4, -0.2) is 29.8 Å². The summed E-state index contributed by atoms with van der Waals surface area (Å²) in [5.41, 5.74) is 9.03. The topological polar surface area (TPSA) is 49.5 Å². The Bertz CT molecular complexity index is 439. The first-order valence-electron chi connectivity index (χ1n) is 6.38. The molecule has 1 saturated heterocycles. The molecule has 1 fully saturated rings. The second-order valence-electron chi connectivity index (χ2n) is 4.98. The fourth-order valence-electron chi connectivity index (χ4n) is 2.52. The lowest BCUT2D eigenvalue weighted by Crippen LogP contribution is -2.35. The van der Waals surface area contributed by atoms with Crippen molar-refractivity contribution in [2.75, 3.05) is 24.6 Å². The molecule has 18 heavy (non-hydrogen) atoms. The molecule has 1 aromatic carbocycles. The van der Waals surface area contributed by atoms with Gasteiger partial charge < -0.3 is 15.7 Å². The first-order chi connectivity index (χ1) is 8.61. The Morgan fingerprint density at radius 2 is 2.11 bits per heavy atom. The lowest BCUT2D eigenvalue weighted by atomic mass is 9.96. The molecule has 2 rings (SSSR count). The molecule has 1 aliphatic heterocycles. The van der Waals surface area contributed by atoms with Crippen LogP contribution in [-0.2, 0) is 0 Å². The molecule has 0 radical (unpaired) electrons. The van der Waals surface area contributed by atoms with Gasteiger partial charge in [0.25, 0.3) is 0 Å². The summed E-state index contributed by atoms with van der Waals surface area (Å²) in [4.78, 5) is 2.83. The van der Waals surface area contributed by atoms with Crippen LogP contribution in [0.2, 0.25) is 0 Å². The normalized spacial score (nSPS) is 16.9. The summed E-state index contributed by atoms with van der Waals surface area (Å²) in [6, 6.07) is 6.14. The quantitative estimate of drug-likeness (QED) is 0.818. The number of hydrogen-bond acceptors (Lipinski definition) is 3. The van der Waals surface area contributed by atoms with Crippen molar-refractivity contribution in [3.8, 4) is 0 Å². The van der Waals surface area contributed by atoms with Gasteiger partial charge in [-0.2, -0.15) is 0 Å². The molecule has 3 N–H and O–H groups in total. The minimum absolute atomic E-state index is 0.313. The molecular weight excluding hydrogens is 244 g/mol. The molecule has 98 valence electrons. The molecule has 1 heterocycles. The Balaban J connectivity index is 2.12. The Hall–Kier alpha value is -1.13. The van der Waals surface area contributed by atoms with E-state index < -0.39 is 0 Å². The molecule has 0 aromatic heterocycles. The highest BCUT2D eigenvalue weighted by atomic mass is 32.1. The number of benzene rings is 1. The van der Waals surface area contributed by atoms with E-state index in [9.17, 15) is 0 Å². The van der Waals surface area contributed by atoms with E-state index in [4.69, 9.17) is 23.1 Å². The zero-order chi connectivity index (χ0) is 13.1. The average molecular weight is 264 g/mol. The number of anilines is 1. The second kappa shape index (κ2) is 5.67. The van der Waals surface area contributed by atoms with E-state index in [1.807, 2.05) is 6.07 Å². The predicted octanol–water partition coefficient (Wildman–Crippen LogP) is 1.84. The van der Waals surface area contributed by atoms with Gasteiger partial charge in [0.2, 0.25) is 0 Å². The van der Waals surface area contributed by atoms with E-state index in [-0.39, 0.29) is 0 Å². The van der Waals surface area contributed by atoms with Gasteiger partial charge in [0, 0.05) is 30.9 Å². The lowest BCUT2D eigenvalue weighted by molar-refractivity contribution is 0.203. The number of rotatable bonds is 3. The van der Waals surface area contributed by atoms with E-state index in [0.717, 1.165) is 31.5 Å². The maximum atomic E-state index is 9.15. The summed E-state index contributed by atoms with van der Waals surface area (Å²) in [5, 5.41) is 9.15. The van der Waals surface area contributed by atoms with Crippen molar-refractivity contribution in [1.29, 1.82) is 0 Å². The molecule has 0 atom stereocenters. The summed E-state index contributed by atoms with van der Waals surface area (Å²) in [6.45, 7) is 4.43. The van der Waals surface area contributed by atoms with Gasteiger partial charge in [-0.3, -0.25) is 0 Å². The lowest BCUT2D eigenvalue weighted by Gasteiger charge is -2.34. The van der Waals surface area contributed by atoms with Gasteiger partial charge in [-0.25, -0.2) is 0 Å². The van der Waals surface area contributed by atoms with Crippen molar-refractivity contribution in [3.05, 3.63) is 29.3 Å². The summed E-state index contributed by atoms with van der Waals surface area (Å²) in [6.07, 6.45) is 2.12. The van der Waals surface area contributed by atoms with Gasteiger partial charge in [0.05, 0.1) is 0 Å². The van der Waals surface area contributed by atoms with Crippen molar-refractivity contribution < 1.29 is 5.11 Å². The average Bonchev–Trinajstić information content (AvgIpc) is 2.38. The van der Waals surface area contributed by atoms with Crippen LogP contribution in [0.25, 0.3) is 0 Å². The number of aryl methyl sites for hydroxylation is 1. The fourth-order valence-corrected chi connectivity index (χ4v) is 2.65. The number of aliphatic hydroxyl groups excluding tert-OH is 1. The minimum atomic E-state index is 0.313. The highest BCUT2D eigenvalue weighted by molar-refractivity contribution is 7.80. The summed E-state index contributed by atoms with van der Waals surface area (Å²) >= 11 is 4.99. The van der Waals surface area contributed by atoms with E-state index in [0.29, 0.717) is 17.5 Å². The Labute approximate surface area is 114 Å². The molecule has 1 aromatic rings. The largest absolute Gasteiger partial charge is 0.396 e.